The maximum absolute atomic E-state index is 13.0. The summed E-state index contributed by atoms with van der Waals surface area (Å²) in [6.45, 7) is 2.04. The van der Waals surface area contributed by atoms with Crippen LogP contribution in [0.2, 0.25) is 0 Å². The molecule has 24 heavy (non-hydrogen) atoms. The molecule has 0 N–H and O–H groups in total. The predicted molar refractivity (Wildman–Crippen MR) is 94.6 cm³/mol. The normalized spacial score (nSPS) is 11.4. The molecule has 2 aromatic heterocycles. The van der Waals surface area contributed by atoms with Crippen molar-refractivity contribution in [3.8, 4) is 0 Å². The number of furan rings is 1. The summed E-state index contributed by atoms with van der Waals surface area (Å²) >= 11 is 1.59. The SMILES string of the molecule is CCc1nc(SCc2ccc(F)cc2)c2oc3ccccc3c2n1. The largest absolute Gasteiger partial charge is 0.451 e. The quantitative estimate of drug-likeness (QED) is 0.370. The maximum atomic E-state index is 13.0. The Morgan fingerprint density at radius 1 is 1.04 bits per heavy atom. The van der Waals surface area contributed by atoms with Crippen LogP contribution in [0.1, 0.15) is 18.3 Å². The third kappa shape index (κ3) is 2.76. The van der Waals surface area contributed by atoms with Crippen LogP contribution in [0.3, 0.4) is 0 Å². The van der Waals surface area contributed by atoms with Crippen molar-refractivity contribution in [2.24, 2.45) is 0 Å². The molecule has 2 aromatic carbocycles. The highest BCUT2D eigenvalue weighted by atomic mass is 32.2. The summed E-state index contributed by atoms with van der Waals surface area (Å²) in [6, 6.07) is 14.4. The lowest BCUT2D eigenvalue weighted by Gasteiger charge is -2.04. The van der Waals surface area contributed by atoms with E-state index in [4.69, 9.17) is 4.42 Å². The minimum absolute atomic E-state index is 0.223. The van der Waals surface area contributed by atoms with Crippen molar-refractivity contribution in [2.45, 2.75) is 24.1 Å². The number of nitrogens with zero attached hydrogens (tertiary/aromatic N) is 2. The molecule has 0 radical (unpaired) electrons. The van der Waals surface area contributed by atoms with Crippen LogP contribution in [0.5, 0.6) is 0 Å². The van der Waals surface area contributed by atoms with E-state index in [1.165, 1.54) is 12.1 Å². The molecule has 0 saturated carbocycles. The molecule has 0 fully saturated rings. The Labute approximate surface area is 142 Å². The van der Waals surface area contributed by atoms with Gasteiger partial charge in [0.05, 0.1) is 0 Å². The summed E-state index contributed by atoms with van der Waals surface area (Å²) in [5.74, 6) is 1.28. The molecule has 0 aliphatic heterocycles. The minimum atomic E-state index is -0.223. The van der Waals surface area contributed by atoms with E-state index in [1.54, 1.807) is 23.9 Å². The first-order valence-electron chi connectivity index (χ1n) is 7.80. The standard InChI is InChI=1S/C19H15FN2OS/c1-2-16-21-17-14-5-3-4-6-15(14)23-18(17)19(22-16)24-11-12-7-9-13(20)10-8-12/h3-10H,2,11H2,1H3. The monoisotopic (exact) mass is 338 g/mol. The Hall–Kier alpha value is -2.40. The molecule has 4 rings (SSSR count). The van der Waals surface area contributed by atoms with Crippen molar-refractivity contribution in [1.82, 2.24) is 9.97 Å². The molecular formula is C19H15FN2OS. The fourth-order valence-corrected chi connectivity index (χ4v) is 3.53. The van der Waals surface area contributed by atoms with Crippen LogP contribution in [0.15, 0.2) is 58.0 Å². The van der Waals surface area contributed by atoms with Crippen molar-refractivity contribution in [1.29, 1.82) is 0 Å². The van der Waals surface area contributed by atoms with E-state index in [9.17, 15) is 4.39 Å². The van der Waals surface area contributed by atoms with Crippen LogP contribution in [0.4, 0.5) is 4.39 Å². The van der Waals surface area contributed by atoms with E-state index < -0.39 is 0 Å². The van der Waals surface area contributed by atoms with Crippen LogP contribution >= 0.6 is 11.8 Å². The zero-order valence-electron chi connectivity index (χ0n) is 13.1. The molecule has 0 unspecified atom stereocenters. The van der Waals surface area contributed by atoms with Gasteiger partial charge in [-0.1, -0.05) is 43.0 Å². The third-order valence-corrected chi connectivity index (χ3v) is 4.87. The average molecular weight is 338 g/mol. The maximum Gasteiger partial charge on any atom is 0.186 e. The highest BCUT2D eigenvalue weighted by Gasteiger charge is 2.15. The molecule has 0 saturated heterocycles. The van der Waals surface area contributed by atoms with Crippen molar-refractivity contribution in [3.63, 3.8) is 0 Å². The molecule has 0 aliphatic rings. The Bertz CT molecular complexity index is 1010. The van der Waals surface area contributed by atoms with E-state index in [2.05, 4.69) is 9.97 Å². The van der Waals surface area contributed by atoms with Gasteiger partial charge in [0.25, 0.3) is 0 Å². The van der Waals surface area contributed by atoms with Gasteiger partial charge in [-0.25, -0.2) is 14.4 Å². The molecular weight excluding hydrogens is 323 g/mol. The second kappa shape index (κ2) is 6.24. The molecule has 2 heterocycles. The van der Waals surface area contributed by atoms with Crippen LogP contribution < -0.4 is 0 Å². The van der Waals surface area contributed by atoms with E-state index in [-0.39, 0.29) is 5.82 Å². The zero-order valence-corrected chi connectivity index (χ0v) is 13.9. The Morgan fingerprint density at radius 3 is 2.62 bits per heavy atom. The highest BCUT2D eigenvalue weighted by Crippen LogP contribution is 2.34. The highest BCUT2D eigenvalue weighted by molar-refractivity contribution is 7.98. The topological polar surface area (TPSA) is 38.9 Å². The van der Waals surface area contributed by atoms with Crippen LogP contribution in [-0.4, -0.2) is 9.97 Å². The van der Waals surface area contributed by atoms with Crippen LogP contribution in [-0.2, 0) is 12.2 Å². The summed E-state index contributed by atoms with van der Waals surface area (Å²) in [4.78, 5) is 9.27. The van der Waals surface area contributed by atoms with E-state index in [1.807, 2.05) is 31.2 Å². The fourth-order valence-electron chi connectivity index (χ4n) is 2.60. The van der Waals surface area contributed by atoms with Gasteiger partial charge in [-0.3, -0.25) is 0 Å². The molecule has 0 amide bonds. The van der Waals surface area contributed by atoms with E-state index in [0.717, 1.165) is 44.9 Å². The number of thioether (sulfide) groups is 1. The Balaban J connectivity index is 1.77. The Kier molecular flexibility index (Phi) is 3.94. The van der Waals surface area contributed by atoms with Gasteiger partial charge in [0.1, 0.15) is 27.8 Å². The van der Waals surface area contributed by atoms with E-state index in [0.29, 0.717) is 5.75 Å². The van der Waals surface area contributed by atoms with Gasteiger partial charge >= 0.3 is 0 Å². The summed E-state index contributed by atoms with van der Waals surface area (Å²) in [7, 11) is 0. The van der Waals surface area contributed by atoms with Gasteiger partial charge < -0.3 is 4.42 Å². The molecule has 0 bridgehead atoms. The summed E-state index contributed by atoms with van der Waals surface area (Å²) in [6.07, 6.45) is 0.763. The first kappa shape index (κ1) is 15.1. The number of aromatic nitrogens is 2. The van der Waals surface area contributed by atoms with Crippen LogP contribution in [0, 0.1) is 5.82 Å². The average Bonchev–Trinajstić information content (AvgIpc) is 2.99. The van der Waals surface area contributed by atoms with Gasteiger partial charge in [0, 0.05) is 17.6 Å². The summed E-state index contributed by atoms with van der Waals surface area (Å²) < 4.78 is 19.0. The molecule has 3 nitrogen and oxygen atoms in total. The number of hydrogen-bond donors (Lipinski definition) is 0. The number of hydrogen-bond acceptors (Lipinski definition) is 4. The molecule has 0 aliphatic carbocycles. The number of aryl methyl sites for hydroxylation is 1. The van der Waals surface area contributed by atoms with Crippen molar-refractivity contribution in [2.75, 3.05) is 0 Å². The molecule has 5 heteroatoms. The number of para-hydroxylation sites is 1. The number of benzene rings is 2. The number of halogens is 1. The molecule has 0 spiro atoms. The van der Waals surface area contributed by atoms with Gasteiger partial charge in [0.15, 0.2) is 5.58 Å². The first-order chi connectivity index (χ1) is 11.7. The zero-order chi connectivity index (χ0) is 16.5. The van der Waals surface area contributed by atoms with Crippen LogP contribution in [0.25, 0.3) is 22.1 Å². The van der Waals surface area contributed by atoms with Crippen molar-refractivity contribution >= 4 is 33.8 Å². The lowest BCUT2D eigenvalue weighted by molar-refractivity contribution is 0.627. The number of rotatable bonds is 4. The minimum Gasteiger partial charge on any atom is -0.451 e. The summed E-state index contributed by atoms with van der Waals surface area (Å²) in [5.41, 5.74) is 3.44. The lowest BCUT2D eigenvalue weighted by Crippen LogP contribution is -1.95. The van der Waals surface area contributed by atoms with E-state index >= 15 is 0 Å². The second-order valence-corrected chi connectivity index (χ2v) is 6.45. The molecule has 120 valence electrons. The van der Waals surface area contributed by atoms with Gasteiger partial charge in [-0.15, -0.1) is 0 Å². The lowest BCUT2D eigenvalue weighted by atomic mass is 10.2. The third-order valence-electron chi connectivity index (χ3n) is 3.84. The number of fused-ring (bicyclic) bond motifs is 3. The van der Waals surface area contributed by atoms with Crippen molar-refractivity contribution in [3.05, 3.63) is 65.7 Å². The predicted octanol–water partition coefficient (Wildman–Crippen LogP) is 5.37. The smallest absolute Gasteiger partial charge is 0.186 e. The first-order valence-corrected chi connectivity index (χ1v) is 8.78. The van der Waals surface area contributed by atoms with Crippen molar-refractivity contribution < 1.29 is 8.81 Å². The van der Waals surface area contributed by atoms with Gasteiger partial charge in [-0.2, -0.15) is 0 Å². The Morgan fingerprint density at radius 2 is 1.83 bits per heavy atom. The molecule has 0 atom stereocenters. The summed E-state index contributed by atoms with van der Waals surface area (Å²) in [5, 5.41) is 1.84. The van der Waals surface area contributed by atoms with Gasteiger partial charge in [0.2, 0.25) is 0 Å². The van der Waals surface area contributed by atoms with Gasteiger partial charge in [-0.05, 0) is 29.8 Å². The second-order valence-electron chi connectivity index (χ2n) is 5.49. The molecule has 4 aromatic rings. The fraction of sp³-hybridized carbons (Fsp3) is 0.158.